The van der Waals surface area contributed by atoms with Gasteiger partial charge in [0.25, 0.3) is 0 Å². The lowest BCUT2D eigenvalue weighted by atomic mass is 10.1. The summed E-state index contributed by atoms with van der Waals surface area (Å²) in [6.45, 7) is 8.13. The third-order valence-electron chi connectivity index (χ3n) is 6.09. The van der Waals surface area contributed by atoms with Gasteiger partial charge in [0.15, 0.2) is 0 Å². The molecule has 7 nitrogen and oxygen atoms in total. The van der Waals surface area contributed by atoms with Crippen molar-refractivity contribution in [3.63, 3.8) is 0 Å². The topological polar surface area (TPSA) is 86.8 Å². The first kappa shape index (κ1) is 29.6. The summed E-state index contributed by atoms with van der Waals surface area (Å²) < 4.78 is 26.2. The largest absolute Gasteiger partial charge is 0.352 e. The molecule has 36 heavy (non-hydrogen) atoms. The number of anilines is 1. The van der Waals surface area contributed by atoms with Crippen molar-refractivity contribution in [3.8, 4) is 0 Å². The van der Waals surface area contributed by atoms with Crippen LogP contribution in [0.15, 0.2) is 48.5 Å². The van der Waals surface area contributed by atoms with Crippen LogP contribution >= 0.6 is 11.6 Å². The quantitative estimate of drug-likeness (QED) is 0.394. The Labute approximate surface area is 220 Å². The zero-order chi connectivity index (χ0) is 26.9. The van der Waals surface area contributed by atoms with Gasteiger partial charge in [0.05, 0.1) is 11.9 Å². The zero-order valence-corrected chi connectivity index (χ0v) is 23.4. The van der Waals surface area contributed by atoms with E-state index in [2.05, 4.69) is 5.32 Å². The van der Waals surface area contributed by atoms with Gasteiger partial charge < -0.3 is 10.2 Å². The Morgan fingerprint density at radius 1 is 1.06 bits per heavy atom. The molecule has 0 aliphatic carbocycles. The average molecular weight is 536 g/mol. The van der Waals surface area contributed by atoms with Crippen molar-refractivity contribution < 1.29 is 18.0 Å². The highest BCUT2D eigenvalue weighted by molar-refractivity contribution is 7.92. The lowest BCUT2D eigenvalue weighted by molar-refractivity contribution is -0.141. The Kier molecular flexibility index (Phi) is 11.2. The van der Waals surface area contributed by atoms with Gasteiger partial charge in [0.1, 0.15) is 6.04 Å². The number of aryl methyl sites for hydroxylation is 1. The number of carbonyl (C=O) groups excluding carboxylic acids is 2. The molecular weight excluding hydrogens is 498 g/mol. The Balaban J connectivity index is 2.22. The van der Waals surface area contributed by atoms with Gasteiger partial charge in [0.2, 0.25) is 21.8 Å². The monoisotopic (exact) mass is 535 g/mol. The fourth-order valence-corrected chi connectivity index (χ4v) is 5.02. The maximum absolute atomic E-state index is 13.4. The zero-order valence-electron chi connectivity index (χ0n) is 21.8. The number of nitrogens with zero attached hydrogens (tertiary/aromatic N) is 2. The lowest BCUT2D eigenvalue weighted by Gasteiger charge is -2.32. The number of benzene rings is 2. The number of hydrogen-bond donors (Lipinski definition) is 1. The molecule has 2 aromatic rings. The Hall–Kier alpha value is -2.58. The fraction of sp³-hybridized carbons (Fsp3) is 0.481. The van der Waals surface area contributed by atoms with Crippen molar-refractivity contribution in [3.05, 3.63) is 64.7 Å². The summed E-state index contributed by atoms with van der Waals surface area (Å²) in [5, 5.41) is 3.58. The molecule has 198 valence electrons. The van der Waals surface area contributed by atoms with Gasteiger partial charge in [-0.3, -0.25) is 13.9 Å². The summed E-state index contributed by atoms with van der Waals surface area (Å²) in [6.07, 6.45) is 2.84. The second-order valence-corrected chi connectivity index (χ2v) is 11.5. The molecule has 2 amide bonds. The van der Waals surface area contributed by atoms with Crippen LogP contribution in [0.25, 0.3) is 0 Å². The maximum atomic E-state index is 13.4. The van der Waals surface area contributed by atoms with Gasteiger partial charge in [-0.2, -0.15) is 0 Å². The molecule has 1 N–H and O–H groups in total. The molecule has 0 radical (unpaired) electrons. The third kappa shape index (κ3) is 8.82. The van der Waals surface area contributed by atoms with Crippen molar-refractivity contribution in [1.29, 1.82) is 0 Å². The van der Waals surface area contributed by atoms with E-state index in [1.807, 2.05) is 58.0 Å². The summed E-state index contributed by atoms with van der Waals surface area (Å²) in [4.78, 5) is 28.1. The summed E-state index contributed by atoms with van der Waals surface area (Å²) in [6, 6.07) is 13.8. The number of halogens is 1. The molecule has 0 heterocycles. The summed E-state index contributed by atoms with van der Waals surface area (Å²) in [5.41, 5.74) is 2.38. The normalized spacial score (nSPS) is 13.1. The smallest absolute Gasteiger partial charge is 0.243 e. The summed E-state index contributed by atoms with van der Waals surface area (Å²) in [5.74, 6) is -0.388. The Bertz CT molecular complexity index is 1120. The van der Waals surface area contributed by atoms with Crippen LogP contribution in [0.5, 0.6) is 0 Å². The molecule has 0 spiro atoms. The first-order chi connectivity index (χ1) is 17.0. The van der Waals surface area contributed by atoms with Crippen molar-refractivity contribution in [1.82, 2.24) is 10.2 Å². The minimum Gasteiger partial charge on any atom is -0.352 e. The van der Waals surface area contributed by atoms with Crippen LogP contribution in [0.2, 0.25) is 5.02 Å². The van der Waals surface area contributed by atoms with Gasteiger partial charge in [-0.1, -0.05) is 49.7 Å². The summed E-state index contributed by atoms with van der Waals surface area (Å²) >= 11 is 6.02. The summed E-state index contributed by atoms with van der Waals surface area (Å²) in [7, 11) is -3.52. The van der Waals surface area contributed by atoms with Crippen molar-refractivity contribution >= 4 is 39.1 Å². The predicted molar refractivity (Wildman–Crippen MR) is 147 cm³/mol. The molecule has 0 fully saturated rings. The molecule has 0 aliphatic heterocycles. The van der Waals surface area contributed by atoms with E-state index in [1.54, 1.807) is 23.1 Å². The average Bonchev–Trinajstić information content (AvgIpc) is 2.81. The number of carbonyl (C=O) groups is 2. The molecule has 2 atom stereocenters. The molecule has 2 rings (SSSR count). The first-order valence-corrected chi connectivity index (χ1v) is 14.6. The SMILES string of the molecule is CC[C@H](C)NC(=O)[C@H](CC)N(Cc1ccc(Cl)cc1)C(=O)CCCN(c1cccc(C)c1)S(C)(=O)=O. The molecule has 0 bridgehead atoms. The molecule has 0 aromatic heterocycles. The van der Waals surface area contributed by atoms with Gasteiger partial charge in [-0.25, -0.2) is 8.42 Å². The number of sulfonamides is 1. The molecular formula is C27H38ClN3O4S. The van der Waals surface area contributed by atoms with E-state index < -0.39 is 16.1 Å². The number of rotatable bonds is 13. The lowest BCUT2D eigenvalue weighted by Crippen LogP contribution is -2.50. The molecule has 0 saturated heterocycles. The fourth-order valence-electron chi connectivity index (χ4n) is 3.93. The van der Waals surface area contributed by atoms with Crippen LogP contribution in [0.4, 0.5) is 5.69 Å². The second-order valence-electron chi connectivity index (χ2n) is 9.17. The molecule has 0 unspecified atom stereocenters. The van der Waals surface area contributed by atoms with Crippen LogP contribution in [0.3, 0.4) is 0 Å². The predicted octanol–water partition coefficient (Wildman–Crippen LogP) is 4.92. The molecule has 0 saturated carbocycles. The van der Waals surface area contributed by atoms with Crippen LogP contribution in [-0.4, -0.2) is 50.0 Å². The van der Waals surface area contributed by atoms with Crippen LogP contribution in [0, 0.1) is 6.92 Å². The number of hydrogen-bond acceptors (Lipinski definition) is 4. The van der Waals surface area contributed by atoms with Crippen LogP contribution in [-0.2, 0) is 26.2 Å². The van der Waals surface area contributed by atoms with Gasteiger partial charge in [-0.05, 0) is 68.5 Å². The van der Waals surface area contributed by atoms with Crippen LogP contribution < -0.4 is 9.62 Å². The number of amides is 2. The van der Waals surface area contributed by atoms with E-state index in [-0.39, 0.29) is 37.4 Å². The van der Waals surface area contributed by atoms with Crippen molar-refractivity contribution in [2.45, 2.75) is 72.0 Å². The first-order valence-electron chi connectivity index (χ1n) is 12.3. The van der Waals surface area contributed by atoms with Crippen molar-refractivity contribution in [2.24, 2.45) is 0 Å². The van der Waals surface area contributed by atoms with Crippen LogP contribution in [0.1, 0.15) is 57.6 Å². The molecule has 2 aromatic carbocycles. The Morgan fingerprint density at radius 2 is 1.72 bits per heavy atom. The maximum Gasteiger partial charge on any atom is 0.243 e. The van der Waals surface area contributed by atoms with E-state index >= 15 is 0 Å². The van der Waals surface area contributed by atoms with Gasteiger partial charge >= 0.3 is 0 Å². The highest BCUT2D eigenvalue weighted by Gasteiger charge is 2.29. The van der Waals surface area contributed by atoms with E-state index in [1.165, 1.54) is 4.31 Å². The Morgan fingerprint density at radius 3 is 2.28 bits per heavy atom. The highest BCUT2D eigenvalue weighted by Crippen LogP contribution is 2.21. The van der Waals surface area contributed by atoms with Gasteiger partial charge in [-0.15, -0.1) is 0 Å². The van der Waals surface area contributed by atoms with E-state index in [9.17, 15) is 18.0 Å². The van der Waals surface area contributed by atoms with E-state index in [0.717, 1.165) is 23.8 Å². The highest BCUT2D eigenvalue weighted by atomic mass is 35.5. The number of nitrogens with one attached hydrogen (secondary N) is 1. The van der Waals surface area contributed by atoms with E-state index in [4.69, 9.17) is 11.6 Å². The standard InChI is InChI=1S/C27H38ClN3O4S/c1-6-21(4)29-27(33)25(7-2)30(19-22-13-15-23(28)16-14-22)26(32)12-9-17-31(36(5,34)35)24-11-8-10-20(3)18-24/h8,10-11,13-16,18,21,25H,6-7,9,12,17,19H2,1-5H3,(H,29,33)/t21-,25-/m0/s1. The molecule has 9 heteroatoms. The third-order valence-corrected chi connectivity index (χ3v) is 7.54. The second kappa shape index (κ2) is 13.7. The molecule has 0 aliphatic rings. The minimum atomic E-state index is -3.52. The van der Waals surface area contributed by atoms with Crippen molar-refractivity contribution in [2.75, 3.05) is 17.1 Å². The van der Waals surface area contributed by atoms with E-state index in [0.29, 0.717) is 23.6 Å². The minimum absolute atomic E-state index is 0.00307. The van der Waals surface area contributed by atoms with Gasteiger partial charge in [0, 0.05) is 30.6 Å².